The summed E-state index contributed by atoms with van der Waals surface area (Å²) in [6.45, 7) is 5.80. The van der Waals surface area contributed by atoms with Gasteiger partial charge in [-0.1, -0.05) is 0 Å². The number of rotatable bonds is 7. The first-order valence-corrected chi connectivity index (χ1v) is 9.73. The number of aromatic nitrogens is 2. The zero-order valence-corrected chi connectivity index (χ0v) is 17.6. The minimum atomic E-state index is -0.653. The molecule has 8 nitrogen and oxygen atoms in total. The van der Waals surface area contributed by atoms with Crippen molar-refractivity contribution in [3.8, 4) is 0 Å². The van der Waals surface area contributed by atoms with Gasteiger partial charge in [-0.3, -0.25) is 14.3 Å². The number of nitrogens with zero attached hydrogens (tertiary/aromatic N) is 2. The molecule has 0 radical (unpaired) electrons. The summed E-state index contributed by atoms with van der Waals surface area (Å²) in [5.41, 5.74) is 6.91. The Balaban J connectivity index is 2.17. The fourth-order valence-electron chi connectivity index (χ4n) is 2.33. The summed E-state index contributed by atoms with van der Waals surface area (Å²) >= 11 is 3.15. The van der Waals surface area contributed by atoms with Crippen molar-refractivity contribution in [3.63, 3.8) is 0 Å². The van der Waals surface area contributed by atoms with Crippen molar-refractivity contribution in [3.05, 3.63) is 31.5 Å². The van der Waals surface area contributed by atoms with Crippen molar-refractivity contribution < 1.29 is 19.1 Å². The quantitative estimate of drug-likeness (QED) is 0.457. The van der Waals surface area contributed by atoms with Gasteiger partial charge in [0.1, 0.15) is 5.00 Å². The van der Waals surface area contributed by atoms with Crippen LogP contribution in [0.15, 0.2) is 6.20 Å². The predicted octanol–water partition coefficient (Wildman–Crippen LogP) is 2.47. The van der Waals surface area contributed by atoms with Crippen LogP contribution >= 0.6 is 33.9 Å². The van der Waals surface area contributed by atoms with Crippen LogP contribution in [0.5, 0.6) is 0 Å². The van der Waals surface area contributed by atoms with Gasteiger partial charge in [0, 0.05) is 12.1 Å². The van der Waals surface area contributed by atoms with Crippen molar-refractivity contribution >= 4 is 56.7 Å². The highest BCUT2D eigenvalue weighted by Crippen LogP contribution is 2.33. The third kappa shape index (κ3) is 4.41. The second-order valence-electron chi connectivity index (χ2n) is 5.44. The maximum atomic E-state index is 12.3. The Morgan fingerprint density at radius 2 is 2.08 bits per heavy atom. The number of nitrogens with two attached hydrogens (primary N) is 1. The number of thiophene rings is 1. The van der Waals surface area contributed by atoms with Gasteiger partial charge in [-0.05, 0) is 48.9 Å². The zero-order valence-electron chi connectivity index (χ0n) is 14.6. The Bertz CT molecular complexity index is 859. The zero-order chi connectivity index (χ0) is 19.4. The van der Waals surface area contributed by atoms with Crippen LogP contribution in [-0.2, 0) is 16.1 Å². The highest BCUT2D eigenvalue weighted by molar-refractivity contribution is 14.1. The lowest BCUT2D eigenvalue weighted by Crippen LogP contribution is -2.17. The molecular weight excluding hydrogens is 471 g/mol. The van der Waals surface area contributed by atoms with Gasteiger partial charge in [0.2, 0.25) is 5.91 Å². The third-order valence-electron chi connectivity index (χ3n) is 3.70. The number of primary amides is 1. The van der Waals surface area contributed by atoms with Gasteiger partial charge in [-0.25, -0.2) is 4.79 Å². The second-order valence-corrected chi connectivity index (χ2v) is 7.63. The van der Waals surface area contributed by atoms with E-state index in [-0.39, 0.29) is 34.4 Å². The third-order valence-corrected chi connectivity index (χ3v) is 5.98. The molecule has 0 fully saturated rings. The van der Waals surface area contributed by atoms with Crippen molar-refractivity contribution in [2.24, 2.45) is 5.73 Å². The van der Waals surface area contributed by atoms with Gasteiger partial charge in [-0.15, -0.1) is 11.3 Å². The Kier molecular flexibility index (Phi) is 6.75. The molecule has 0 atom stereocenters. The summed E-state index contributed by atoms with van der Waals surface area (Å²) in [4.78, 5) is 36.3. The van der Waals surface area contributed by atoms with Crippen molar-refractivity contribution in [2.45, 2.75) is 33.7 Å². The Morgan fingerprint density at radius 3 is 2.62 bits per heavy atom. The minimum Gasteiger partial charge on any atom is -0.462 e. The molecule has 26 heavy (non-hydrogen) atoms. The smallest absolute Gasteiger partial charge is 0.341 e. The first-order chi connectivity index (χ1) is 12.3. The van der Waals surface area contributed by atoms with Crippen LogP contribution in [0.1, 0.15) is 44.6 Å². The summed E-state index contributed by atoms with van der Waals surface area (Å²) in [5.74, 6) is -1.54. The summed E-state index contributed by atoms with van der Waals surface area (Å²) < 4.78 is 7.78. The normalized spacial score (nSPS) is 10.6. The van der Waals surface area contributed by atoms with Gasteiger partial charge in [-0.2, -0.15) is 5.10 Å². The molecular formula is C16H19IN4O4S. The summed E-state index contributed by atoms with van der Waals surface area (Å²) in [6, 6.07) is 0. The molecule has 2 aromatic heterocycles. The second kappa shape index (κ2) is 8.62. The Morgan fingerprint density at radius 1 is 1.38 bits per heavy atom. The van der Waals surface area contributed by atoms with Crippen LogP contribution in [0, 0.1) is 17.4 Å². The number of hydrogen-bond donors (Lipinski definition) is 2. The van der Waals surface area contributed by atoms with Gasteiger partial charge in [0.25, 0.3) is 5.91 Å². The lowest BCUT2D eigenvalue weighted by atomic mass is 10.1. The van der Waals surface area contributed by atoms with E-state index in [2.05, 4.69) is 33.0 Å². The fourth-order valence-corrected chi connectivity index (χ4v) is 3.80. The number of hydrogen-bond acceptors (Lipinski definition) is 6. The minimum absolute atomic E-state index is 0.170. The van der Waals surface area contributed by atoms with Gasteiger partial charge < -0.3 is 15.8 Å². The number of esters is 1. The first kappa shape index (κ1) is 20.4. The molecule has 0 aromatic carbocycles. The lowest BCUT2D eigenvalue weighted by Gasteiger charge is -2.08. The molecule has 2 heterocycles. The number of carbonyl (C=O) groups is 3. The summed E-state index contributed by atoms with van der Waals surface area (Å²) in [5, 5.41) is 7.16. The van der Waals surface area contributed by atoms with E-state index < -0.39 is 11.9 Å². The first-order valence-electron chi connectivity index (χ1n) is 7.84. The highest BCUT2D eigenvalue weighted by Gasteiger charge is 2.25. The molecule has 10 heteroatoms. The van der Waals surface area contributed by atoms with E-state index in [0.29, 0.717) is 12.1 Å². The van der Waals surface area contributed by atoms with Gasteiger partial charge in [0.05, 0.1) is 33.4 Å². The number of nitrogens with one attached hydrogen (secondary N) is 1. The maximum Gasteiger partial charge on any atom is 0.341 e. The molecule has 0 aliphatic carbocycles. The Hall–Kier alpha value is -1.95. The van der Waals surface area contributed by atoms with Crippen LogP contribution in [-0.4, -0.2) is 34.2 Å². The number of anilines is 1. The SMILES string of the molecule is CCOC(=O)c1c(NC(=O)CCn2ncc(I)c2C)sc(C(N)=O)c1C. The molecule has 0 aliphatic heterocycles. The van der Waals surface area contributed by atoms with Crippen LogP contribution < -0.4 is 11.1 Å². The molecule has 0 aliphatic rings. The van der Waals surface area contributed by atoms with Crippen LogP contribution in [0.25, 0.3) is 0 Å². The molecule has 0 bridgehead atoms. The molecule has 2 aromatic rings. The van der Waals surface area contributed by atoms with E-state index in [1.165, 1.54) is 0 Å². The van der Waals surface area contributed by atoms with Gasteiger partial charge in [0.15, 0.2) is 0 Å². The van der Waals surface area contributed by atoms with Gasteiger partial charge >= 0.3 is 5.97 Å². The number of ether oxygens (including phenoxy) is 1. The van der Waals surface area contributed by atoms with Crippen molar-refractivity contribution in [1.82, 2.24) is 9.78 Å². The van der Waals surface area contributed by atoms with E-state index in [1.54, 1.807) is 24.7 Å². The molecule has 0 saturated heterocycles. The molecule has 2 rings (SSSR count). The lowest BCUT2D eigenvalue weighted by molar-refractivity contribution is -0.116. The monoisotopic (exact) mass is 490 g/mol. The number of halogens is 1. The molecule has 0 spiro atoms. The van der Waals surface area contributed by atoms with E-state index in [4.69, 9.17) is 10.5 Å². The van der Waals surface area contributed by atoms with E-state index in [1.807, 2.05) is 6.92 Å². The summed E-state index contributed by atoms with van der Waals surface area (Å²) in [7, 11) is 0. The average molecular weight is 490 g/mol. The summed E-state index contributed by atoms with van der Waals surface area (Å²) in [6.07, 6.45) is 1.90. The highest BCUT2D eigenvalue weighted by atomic mass is 127. The fraction of sp³-hybridized carbons (Fsp3) is 0.375. The van der Waals surface area contributed by atoms with Crippen LogP contribution in [0.3, 0.4) is 0 Å². The molecule has 0 unspecified atom stereocenters. The van der Waals surface area contributed by atoms with Crippen LogP contribution in [0.4, 0.5) is 5.00 Å². The molecule has 3 N–H and O–H groups in total. The van der Waals surface area contributed by atoms with Crippen LogP contribution in [0.2, 0.25) is 0 Å². The number of carbonyl (C=O) groups excluding carboxylic acids is 3. The standard InChI is InChI=1S/C16H19IN4O4S/c1-4-25-16(24)12-8(2)13(14(18)23)26-15(12)20-11(22)5-6-21-9(3)10(17)7-19-21/h7H,4-6H2,1-3H3,(H2,18,23)(H,20,22). The Labute approximate surface area is 168 Å². The average Bonchev–Trinajstić information content (AvgIpc) is 3.06. The number of aryl methyl sites for hydroxylation is 1. The maximum absolute atomic E-state index is 12.3. The van der Waals surface area contributed by atoms with Crippen molar-refractivity contribution in [1.29, 1.82) is 0 Å². The largest absolute Gasteiger partial charge is 0.462 e. The van der Waals surface area contributed by atoms with E-state index in [0.717, 1.165) is 20.6 Å². The molecule has 140 valence electrons. The predicted molar refractivity (Wildman–Crippen MR) is 106 cm³/mol. The van der Waals surface area contributed by atoms with Crippen molar-refractivity contribution in [2.75, 3.05) is 11.9 Å². The van der Waals surface area contributed by atoms with E-state index >= 15 is 0 Å². The van der Waals surface area contributed by atoms with E-state index in [9.17, 15) is 14.4 Å². The molecule has 0 saturated carbocycles. The molecule has 2 amide bonds. The number of amides is 2. The topological polar surface area (TPSA) is 116 Å².